The van der Waals surface area contributed by atoms with Crippen LogP contribution in [0.4, 0.5) is 11.4 Å². The van der Waals surface area contributed by atoms with Crippen molar-refractivity contribution >= 4 is 17.3 Å². The van der Waals surface area contributed by atoms with Gasteiger partial charge in [-0.25, -0.2) is 0 Å². The smallest absolute Gasteiger partial charge is 0.227 e. The largest absolute Gasteiger partial charge is 0.388 e. The third-order valence-electron chi connectivity index (χ3n) is 4.37. The third kappa shape index (κ3) is 2.10. The molecule has 1 heterocycles. The number of hydrogen-bond acceptors (Lipinski definition) is 3. The molecule has 102 valence electrons. The molecule has 1 fully saturated rings. The summed E-state index contributed by atoms with van der Waals surface area (Å²) in [4.78, 5) is 14.3. The number of fused-ring (bicyclic) bond motifs is 1. The molecule has 1 aromatic rings. The number of anilines is 2. The highest BCUT2D eigenvalue weighted by atomic mass is 16.2. The van der Waals surface area contributed by atoms with Gasteiger partial charge >= 0.3 is 0 Å². The van der Waals surface area contributed by atoms with Crippen LogP contribution in [0.5, 0.6) is 0 Å². The second-order valence-corrected chi connectivity index (χ2v) is 5.52. The standard InChI is InChI=1S/C15H21N3O/c1-17-11-6-7-13-10(9-11)5-8-15(19)18(13)14-4-2-3-12(14)16/h6-7,9,12,14,17H,2-5,8,16H2,1H3. The minimum atomic E-state index is 0.124. The summed E-state index contributed by atoms with van der Waals surface area (Å²) < 4.78 is 0. The molecule has 0 radical (unpaired) electrons. The summed E-state index contributed by atoms with van der Waals surface area (Å²) in [6.07, 6.45) is 4.61. The number of nitrogens with zero attached hydrogens (tertiary/aromatic N) is 1. The Balaban J connectivity index is 1.99. The quantitative estimate of drug-likeness (QED) is 0.852. The molecule has 19 heavy (non-hydrogen) atoms. The fourth-order valence-electron chi connectivity index (χ4n) is 3.33. The maximum Gasteiger partial charge on any atom is 0.227 e. The molecule has 0 aromatic heterocycles. The van der Waals surface area contributed by atoms with Crippen LogP contribution in [0.15, 0.2) is 18.2 Å². The Morgan fingerprint density at radius 3 is 2.84 bits per heavy atom. The zero-order valence-electron chi connectivity index (χ0n) is 11.4. The number of benzene rings is 1. The zero-order chi connectivity index (χ0) is 13.4. The molecular formula is C15H21N3O. The number of carbonyl (C=O) groups excluding carboxylic acids is 1. The van der Waals surface area contributed by atoms with Crippen LogP contribution < -0.4 is 16.0 Å². The van der Waals surface area contributed by atoms with Gasteiger partial charge in [0, 0.05) is 30.9 Å². The van der Waals surface area contributed by atoms with E-state index >= 15 is 0 Å². The first-order chi connectivity index (χ1) is 9.20. The van der Waals surface area contributed by atoms with Crippen molar-refractivity contribution in [3.63, 3.8) is 0 Å². The lowest BCUT2D eigenvalue weighted by atomic mass is 9.97. The normalized spacial score (nSPS) is 26.4. The summed E-state index contributed by atoms with van der Waals surface area (Å²) in [5, 5.41) is 3.15. The van der Waals surface area contributed by atoms with E-state index in [2.05, 4.69) is 17.4 Å². The highest BCUT2D eigenvalue weighted by Crippen LogP contribution is 2.35. The summed E-state index contributed by atoms with van der Waals surface area (Å²) in [7, 11) is 1.92. The monoisotopic (exact) mass is 259 g/mol. The van der Waals surface area contributed by atoms with Crippen LogP contribution in [0.25, 0.3) is 0 Å². The van der Waals surface area contributed by atoms with E-state index in [0.29, 0.717) is 6.42 Å². The molecule has 2 aliphatic rings. The molecule has 0 spiro atoms. The summed E-state index contributed by atoms with van der Waals surface area (Å²) in [6, 6.07) is 6.55. The number of nitrogens with two attached hydrogens (primary N) is 1. The predicted octanol–water partition coefficient (Wildman–Crippen LogP) is 1.89. The average molecular weight is 259 g/mol. The van der Waals surface area contributed by atoms with E-state index < -0.39 is 0 Å². The molecule has 1 amide bonds. The number of rotatable bonds is 2. The topological polar surface area (TPSA) is 58.4 Å². The van der Waals surface area contributed by atoms with Crippen LogP contribution in [0.1, 0.15) is 31.2 Å². The van der Waals surface area contributed by atoms with Crippen molar-refractivity contribution in [3.05, 3.63) is 23.8 Å². The van der Waals surface area contributed by atoms with Crippen molar-refractivity contribution in [2.24, 2.45) is 5.73 Å². The fraction of sp³-hybridized carbons (Fsp3) is 0.533. The van der Waals surface area contributed by atoms with Gasteiger partial charge in [0.25, 0.3) is 0 Å². The minimum Gasteiger partial charge on any atom is -0.388 e. The number of carbonyl (C=O) groups is 1. The SMILES string of the molecule is CNc1ccc2c(c1)CCC(=O)N2C1CCCC1N. The zero-order valence-corrected chi connectivity index (χ0v) is 11.4. The van der Waals surface area contributed by atoms with E-state index in [1.807, 2.05) is 18.0 Å². The third-order valence-corrected chi connectivity index (χ3v) is 4.37. The van der Waals surface area contributed by atoms with Crippen molar-refractivity contribution < 1.29 is 4.79 Å². The summed E-state index contributed by atoms with van der Waals surface area (Å²) in [5.41, 5.74) is 9.60. The van der Waals surface area contributed by atoms with Crippen LogP contribution in [0.2, 0.25) is 0 Å². The maximum atomic E-state index is 12.3. The number of aryl methyl sites for hydroxylation is 1. The molecule has 0 bridgehead atoms. The molecule has 2 atom stereocenters. The van der Waals surface area contributed by atoms with E-state index in [9.17, 15) is 4.79 Å². The van der Waals surface area contributed by atoms with E-state index in [-0.39, 0.29) is 18.0 Å². The Morgan fingerprint density at radius 2 is 2.16 bits per heavy atom. The highest BCUT2D eigenvalue weighted by Gasteiger charge is 2.36. The van der Waals surface area contributed by atoms with Gasteiger partial charge in [-0.05, 0) is 49.4 Å². The predicted molar refractivity (Wildman–Crippen MR) is 77.4 cm³/mol. The summed E-state index contributed by atoms with van der Waals surface area (Å²) in [6.45, 7) is 0. The molecular weight excluding hydrogens is 238 g/mol. The molecule has 1 aliphatic heterocycles. The molecule has 0 saturated heterocycles. The molecule has 1 aromatic carbocycles. The van der Waals surface area contributed by atoms with Crippen LogP contribution in [-0.2, 0) is 11.2 Å². The minimum absolute atomic E-state index is 0.124. The van der Waals surface area contributed by atoms with Gasteiger partial charge in [0.15, 0.2) is 0 Å². The molecule has 4 nitrogen and oxygen atoms in total. The van der Waals surface area contributed by atoms with Crippen molar-refractivity contribution in [2.45, 2.75) is 44.2 Å². The Morgan fingerprint density at radius 1 is 1.32 bits per heavy atom. The van der Waals surface area contributed by atoms with Gasteiger partial charge in [-0.2, -0.15) is 0 Å². The summed E-state index contributed by atoms with van der Waals surface area (Å²) >= 11 is 0. The van der Waals surface area contributed by atoms with Crippen LogP contribution in [-0.4, -0.2) is 25.0 Å². The van der Waals surface area contributed by atoms with Gasteiger partial charge in [-0.3, -0.25) is 4.79 Å². The Labute approximate surface area is 114 Å². The highest BCUT2D eigenvalue weighted by molar-refractivity contribution is 5.97. The van der Waals surface area contributed by atoms with Crippen molar-refractivity contribution in [1.82, 2.24) is 0 Å². The average Bonchev–Trinajstić information content (AvgIpc) is 2.84. The molecule has 2 unspecified atom stereocenters. The number of nitrogens with one attached hydrogen (secondary N) is 1. The molecule has 1 aliphatic carbocycles. The second-order valence-electron chi connectivity index (χ2n) is 5.52. The molecule has 3 rings (SSSR count). The van der Waals surface area contributed by atoms with Crippen LogP contribution >= 0.6 is 0 Å². The summed E-state index contributed by atoms with van der Waals surface area (Å²) in [5.74, 6) is 0.229. The number of hydrogen-bond donors (Lipinski definition) is 2. The van der Waals surface area contributed by atoms with E-state index in [4.69, 9.17) is 5.73 Å². The Hall–Kier alpha value is -1.55. The fourth-order valence-corrected chi connectivity index (χ4v) is 3.33. The maximum absolute atomic E-state index is 12.3. The van der Waals surface area contributed by atoms with Crippen molar-refractivity contribution in [1.29, 1.82) is 0 Å². The van der Waals surface area contributed by atoms with Gasteiger partial charge in [0.05, 0.1) is 6.04 Å². The second kappa shape index (κ2) is 4.85. The van der Waals surface area contributed by atoms with Gasteiger partial charge < -0.3 is 16.0 Å². The first-order valence-corrected chi connectivity index (χ1v) is 7.09. The lowest BCUT2D eigenvalue weighted by Crippen LogP contribution is -2.49. The lowest BCUT2D eigenvalue weighted by Gasteiger charge is -2.36. The molecule has 1 saturated carbocycles. The van der Waals surface area contributed by atoms with E-state index in [0.717, 1.165) is 37.1 Å². The van der Waals surface area contributed by atoms with Crippen LogP contribution in [0.3, 0.4) is 0 Å². The van der Waals surface area contributed by atoms with Crippen LogP contribution in [0, 0.1) is 0 Å². The first-order valence-electron chi connectivity index (χ1n) is 7.09. The van der Waals surface area contributed by atoms with Crippen molar-refractivity contribution in [2.75, 3.05) is 17.3 Å². The first kappa shape index (κ1) is 12.5. The van der Waals surface area contributed by atoms with Gasteiger partial charge in [0.1, 0.15) is 0 Å². The molecule has 4 heteroatoms. The van der Waals surface area contributed by atoms with Gasteiger partial charge in [-0.1, -0.05) is 0 Å². The number of amides is 1. The van der Waals surface area contributed by atoms with Gasteiger partial charge in [0.2, 0.25) is 5.91 Å². The van der Waals surface area contributed by atoms with E-state index in [1.165, 1.54) is 5.56 Å². The Bertz CT molecular complexity index is 500. The van der Waals surface area contributed by atoms with Gasteiger partial charge in [-0.15, -0.1) is 0 Å². The molecule has 3 N–H and O–H groups in total. The lowest BCUT2D eigenvalue weighted by molar-refractivity contribution is -0.119. The van der Waals surface area contributed by atoms with E-state index in [1.54, 1.807) is 0 Å². The van der Waals surface area contributed by atoms with Crippen molar-refractivity contribution in [3.8, 4) is 0 Å². The Kier molecular flexibility index (Phi) is 3.19.